The van der Waals surface area contributed by atoms with Crippen molar-refractivity contribution in [2.45, 2.75) is 103 Å². The summed E-state index contributed by atoms with van der Waals surface area (Å²) in [5.74, 6) is 1.30. The molecular formula is C31H46FNO4. The van der Waals surface area contributed by atoms with Crippen molar-refractivity contribution in [3.63, 3.8) is 0 Å². The fourth-order valence-corrected chi connectivity index (χ4v) is 9.62. The Kier molecular flexibility index (Phi) is 7.49. The van der Waals surface area contributed by atoms with Crippen molar-refractivity contribution >= 4 is 5.91 Å². The van der Waals surface area contributed by atoms with Gasteiger partial charge >= 0.3 is 0 Å². The van der Waals surface area contributed by atoms with Gasteiger partial charge < -0.3 is 20.6 Å². The largest absolute Gasteiger partial charge is 0.393 e. The second-order valence-corrected chi connectivity index (χ2v) is 13.4. The van der Waals surface area contributed by atoms with Crippen LogP contribution in [0.5, 0.6) is 0 Å². The van der Waals surface area contributed by atoms with Gasteiger partial charge in [-0.25, -0.2) is 4.39 Å². The number of aliphatic hydroxyl groups is 3. The molecule has 0 aromatic heterocycles. The van der Waals surface area contributed by atoms with E-state index in [9.17, 15) is 24.5 Å². The van der Waals surface area contributed by atoms with Gasteiger partial charge in [-0.1, -0.05) is 39.0 Å². The summed E-state index contributed by atoms with van der Waals surface area (Å²) in [4.78, 5) is 12.6. The molecule has 206 valence electrons. The van der Waals surface area contributed by atoms with Crippen LogP contribution in [0.25, 0.3) is 0 Å². The van der Waals surface area contributed by atoms with Gasteiger partial charge in [0.05, 0.1) is 18.3 Å². The molecule has 1 aromatic rings. The second-order valence-electron chi connectivity index (χ2n) is 13.4. The molecule has 4 aliphatic rings. The van der Waals surface area contributed by atoms with Crippen LogP contribution in [0.3, 0.4) is 0 Å². The number of carbonyl (C=O) groups is 1. The van der Waals surface area contributed by atoms with E-state index in [0.29, 0.717) is 29.7 Å². The summed E-state index contributed by atoms with van der Waals surface area (Å²) in [6, 6.07) is 6.50. The van der Waals surface area contributed by atoms with Crippen molar-refractivity contribution in [2.75, 3.05) is 0 Å². The van der Waals surface area contributed by atoms with Crippen molar-refractivity contribution in [1.29, 1.82) is 0 Å². The van der Waals surface area contributed by atoms with E-state index in [2.05, 4.69) is 26.1 Å². The predicted octanol–water partition coefficient (Wildman–Crippen LogP) is 4.82. The Labute approximate surface area is 221 Å². The lowest BCUT2D eigenvalue weighted by molar-refractivity contribution is -0.207. The number of hydrogen-bond donors (Lipinski definition) is 4. The van der Waals surface area contributed by atoms with E-state index in [-0.39, 0.29) is 59.1 Å². The zero-order chi connectivity index (χ0) is 26.5. The first kappa shape index (κ1) is 27.1. The predicted molar refractivity (Wildman–Crippen MR) is 141 cm³/mol. The molecule has 1 amide bonds. The summed E-state index contributed by atoms with van der Waals surface area (Å²) in [5.41, 5.74) is 0.304. The Hall–Kier alpha value is -1.50. The first-order valence-electron chi connectivity index (χ1n) is 14.6. The van der Waals surface area contributed by atoms with E-state index in [1.165, 1.54) is 6.07 Å². The Morgan fingerprint density at radius 3 is 2.59 bits per heavy atom. The number of aliphatic hydroxyl groups excluding tert-OH is 3. The molecule has 4 N–H and O–H groups in total. The molecule has 4 unspecified atom stereocenters. The molecule has 0 bridgehead atoms. The lowest BCUT2D eigenvalue weighted by Gasteiger charge is -2.63. The second kappa shape index (κ2) is 10.2. The Balaban J connectivity index is 1.24. The van der Waals surface area contributed by atoms with Crippen LogP contribution in [-0.4, -0.2) is 39.5 Å². The number of nitrogens with one attached hydrogen (secondary N) is 1. The van der Waals surface area contributed by atoms with E-state index in [4.69, 9.17) is 0 Å². The lowest BCUT2D eigenvalue weighted by Crippen LogP contribution is -2.62. The van der Waals surface area contributed by atoms with Crippen LogP contribution in [0.4, 0.5) is 4.39 Å². The highest BCUT2D eigenvalue weighted by Gasteiger charge is 2.65. The Bertz CT molecular complexity index is 988. The van der Waals surface area contributed by atoms with E-state index < -0.39 is 6.10 Å². The van der Waals surface area contributed by atoms with Gasteiger partial charge in [-0.05, 0) is 104 Å². The van der Waals surface area contributed by atoms with Crippen molar-refractivity contribution in [1.82, 2.24) is 5.32 Å². The third-order valence-electron chi connectivity index (χ3n) is 11.8. The summed E-state index contributed by atoms with van der Waals surface area (Å²) in [7, 11) is 0. The number of amides is 1. The molecule has 4 fully saturated rings. The first-order valence-corrected chi connectivity index (χ1v) is 14.6. The highest BCUT2D eigenvalue weighted by molar-refractivity contribution is 5.75. The van der Waals surface area contributed by atoms with Crippen molar-refractivity contribution < 1.29 is 24.5 Å². The molecule has 5 nitrogen and oxygen atoms in total. The molecule has 37 heavy (non-hydrogen) atoms. The van der Waals surface area contributed by atoms with E-state index >= 15 is 0 Å². The molecule has 0 saturated heterocycles. The van der Waals surface area contributed by atoms with Crippen LogP contribution in [0, 0.1) is 52.2 Å². The number of benzene rings is 1. The minimum Gasteiger partial charge on any atom is -0.393 e. The molecule has 0 spiro atoms. The maximum absolute atomic E-state index is 13.9. The normalized spacial score (nSPS) is 43.9. The highest BCUT2D eigenvalue weighted by atomic mass is 19.1. The van der Waals surface area contributed by atoms with Crippen LogP contribution < -0.4 is 5.32 Å². The Morgan fingerprint density at radius 2 is 1.84 bits per heavy atom. The van der Waals surface area contributed by atoms with Crippen molar-refractivity contribution in [3.05, 3.63) is 35.6 Å². The summed E-state index contributed by atoms with van der Waals surface area (Å²) in [5, 5.41) is 36.3. The maximum atomic E-state index is 13.9. The molecule has 11 atom stereocenters. The smallest absolute Gasteiger partial charge is 0.220 e. The average Bonchev–Trinajstić information content (AvgIpc) is 3.22. The van der Waals surface area contributed by atoms with Gasteiger partial charge in [0.2, 0.25) is 5.91 Å². The van der Waals surface area contributed by atoms with E-state index in [1.54, 1.807) is 18.2 Å². The zero-order valence-corrected chi connectivity index (χ0v) is 22.7. The van der Waals surface area contributed by atoms with Crippen LogP contribution in [-0.2, 0) is 11.3 Å². The third-order valence-corrected chi connectivity index (χ3v) is 11.8. The van der Waals surface area contributed by atoms with Gasteiger partial charge in [0, 0.05) is 18.5 Å². The Morgan fingerprint density at radius 1 is 1.08 bits per heavy atom. The summed E-state index contributed by atoms with van der Waals surface area (Å²) in [6.07, 6.45) is 6.17. The van der Waals surface area contributed by atoms with Crippen LogP contribution >= 0.6 is 0 Å². The van der Waals surface area contributed by atoms with Crippen LogP contribution in [0.2, 0.25) is 0 Å². The average molecular weight is 516 g/mol. The van der Waals surface area contributed by atoms with Gasteiger partial charge in [-0.2, -0.15) is 0 Å². The van der Waals surface area contributed by atoms with E-state index in [1.807, 2.05) is 0 Å². The quantitative estimate of drug-likeness (QED) is 0.437. The van der Waals surface area contributed by atoms with Gasteiger partial charge in [0.25, 0.3) is 0 Å². The minimum atomic E-state index is -0.418. The third kappa shape index (κ3) is 4.65. The lowest BCUT2D eigenvalue weighted by atomic mass is 9.43. The molecule has 6 heteroatoms. The van der Waals surface area contributed by atoms with Crippen molar-refractivity contribution in [3.8, 4) is 0 Å². The fraction of sp³-hybridized carbons (Fsp3) is 0.774. The number of rotatable bonds is 6. The summed E-state index contributed by atoms with van der Waals surface area (Å²) in [6.45, 7) is 7.01. The van der Waals surface area contributed by atoms with E-state index in [0.717, 1.165) is 51.4 Å². The number of carbonyl (C=O) groups excluding carboxylic acids is 1. The summed E-state index contributed by atoms with van der Waals surface area (Å²) < 4.78 is 13.9. The highest BCUT2D eigenvalue weighted by Crippen LogP contribution is 2.68. The summed E-state index contributed by atoms with van der Waals surface area (Å²) >= 11 is 0. The van der Waals surface area contributed by atoms with Gasteiger partial charge in [-0.15, -0.1) is 0 Å². The first-order chi connectivity index (χ1) is 17.6. The minimum absolute atomic E-state index is 0.0692. The SMILES string of the molecule is C[C@H](CCC(=O)NCc1ccccc1F)[C@H]1CCC2C3C(C[C@H](O)[C@@]21C)[C@@]1(C)CC[C@@H](O)CC1C[C@H]3O. The fourth-order valence-electron chi connectivity index (χ4n) is 9.62. The zero-order valence-electron chi connectivity index (χ0n) is 22.7. The molecular weight excluding hydrogens is 469 g/mol. The van der Waals surface area contributed by atoms with Gasteiger partial charge in [-0.3, -0.25) is 4.79 Å². The monoisotopic (exact) mass is 515 g/mol. The number of fused-ring (bicyclic) bond motifs is 5. The number of halogens is 1. The molecule has 4 saturated carbocycles. The van der Waals surface area contributed by atoms with Gasteiger partial charge in [0.15, 0.2) is 0 Å². The number of hydrogen-bond acceptors (Lipinski definition) is 4. The van der Waals surface area contributed by atoms with Crippen LogP contribution in [0.15, 0.2) is 24.3 Å². The molecule has 4 aliphatic carbocycles. The maximum Gasteiger partial charge on any atom is 0.220 e. The molecule has 0 aliphatic heterocycles. The molecule has 0 radical (unpaired) electrons. The van der Waals surface area contributed by atoms with Crippen LogP contribution in [0.1, 0.15) is 84.1 Å². The standard InChI is InChI=1S/C31H46FNO4/c1-18(8-11-28(37)33-17-19-6-4-5-7-25(19)32)22-9-10-23-29-24(16-27(36)31(22,23)3)30(2)13-12-21(34)14-20(30)15-26(29)35/h4-7,18,20-24,26-27,29,34-36H,8-17H2,1-3H3,(H,33,37)/t18-,20?,21-,22-,23?,24?,26-,27+,29?,30+,31-/m1/s1. The van der Waals surface area contributed by atoms with Gasteiger partial charge in [0.1, 0.15) is 5.82 Å². The molecule has 0 heterocycles. The molecule has 5 rings (SSSR count). The van der Waals surface area contributed by atoms with Crippen molar-refractivity contribution in [2.24, 2.45) is 46.3 Å². The topological polar surface area (TPSA) is 89.8 Å². The molecule has 1 aromatic carbocycles.